The quantitative estimate of drug-likeness (QED) is 0.270. The van der Waals surface area contributed by atoms with Gasteiger partial charge in [0.2, 0.25) is 5.76 Å². The Morgan fingerprint density at radius 3 is 2.73 bits per heavy atom. The van der Waals surface area contributed by atoms with E-state index in [1.54, 1.807) is 18.2 Å². The molecule has 26 heavy (non-hydrogen) atoms. The number of benzene rings is 1. The molecule has 6 nitrogen and oxygen atoms in total. The van der Waals surface area contributed by atoms with Crippen LogP contribution in [-0.2, 0) is 19.0 Å². The van der Waals surface area contributed by atoms with Gasteiger partial charge in [-0.3, -0.25) is 5.43 Å². The summed E-state index contributed by atoms with van der Waals surface area (Å²) in [4.78, 5) is 11.7. The third-order valence-electron chi connectivity index (χ3n) is 3.11. The molecule has 0 aromatic heterocycles. The molecule has 0 saturated carbocycles. The molecule has 8 heteroatoms. The van der Waals surface area contributed by atoms with Crippen molar-refractivity contribution in [1.29, 1.82) is 0 Å². The molecule has 2 rings (SSSR count). The first-order valence-electron chi connectivity index (χ1n) is 7.41. The molecule has 0 spiro atoms. The smallest absolute Gasteiger partial charge is 0.376 e. The summed E-state index contributed by atoms with van der Waals surface area (Å²) < 4.78 is 28.0. The molecular weight excluding hydrogens is 363 g/mol. The molecular formula is C18H16ClFN2O4. The largest absolute Gasteiger partial charge is 0.500 e. The van der Waals surface area contributed by atoms with E-state index >= 15 is 0 Å². The van der Waals surface area contributed by atoms with Gasteiger partial charge in [-0.05, 0) is 42.5 Å². The Balaban J connectivity index is 2.20. The van der Waals surface area contributed by atoms with Gasteiger partial charge < -0.3 is 14.2 Å². The van der Waals surface area contributed by atoms with E-state index in [1.807, 2.05) is 0 Å². The van der Waals surface area contributed by atoms with E-state index in [-0.39, 0.29) is 11.6 Å². The van der Waals surface area contributed by atoms with Crippen LogP contribution in [0.5, 0.6) is 0 Å². The number of carbonyl (C=O) groups is 1. The zero-order valence-electron chi connectivity index (χ0n) is 14.0. The van der Waals surface area contributed by atoms with Gasteiger partial charge in [0.05, 0.1) is 25.5 Å². The molecule has 1 aliphatic rings. The summed E-state index contributed by atoms with van der Waals surface area (Å²) in [6.07, 6.45) is 5.28. The number of nitrogens with one attached hydrogen (secondary N) is 1. The van der Waals surface area contributed by atoms with Crippen LogP contribution >= 0.6 is 11.6 Å². The van der Waals surface area contributed by atoms with Gasteiger partial charge in [0.1, 0.15) is 12.1 Å². The molecule has 0 bridgehead atoms. The fourth-order valence-corrected chi connectivity index (χ4v) is 2.10. The minimum atomic E-state index is -0.693. The van der Waals surface area contributed by atoms with E-state index in [0.29, 0.717) is 16.3 Å². The van der Waals surface area contributed by atoms with Gasteiger partial charge in [0, 0.05) is 10.9 Å². The van der Waals surface area contributed by atoms with Crippen molar-refractivity contribution in [3.8, 4) is 0 Å². The van der Waals surface area contributed by atoms with Crippen LogP contribution in [0.4, 0.5) is 10.1 Å². The maximum Gasteiger partial charge on any atom is 0.376 e. The van der Waals surface area contributed by atoms with Gasteiger partial charge >= 0.3 is 5.97 Å². The fourth-order valence-electron chi connectivity index (χ4n) is 1.91. The normalized spacial score (nSPS) is 16.3. The Hall–Kier alpha value is -3.02. The van der Waals surface area contributed by atoms with Gasteiger partial charge in [0.25, 0.3) is 0 Å². The van der Waals surface area contributed by atoms with Crippen molar-refractivity contribution in [2.24, 2.45) is 5.10 Å². The maximum absolute atomic E-state index is 12.9. The van der Waals surface area contributed by atoms with E-state index in [0.717, 1.165) is 6.26 Å². The first-order chi connectivity index (χ1) is 12.5. The monoisotopic (exact) mass is 378 g/mol. The molecule has 1 unspecified atom stereocenters. The summed E-state index contributed by atoms with van der Waals surface area (Å²) in [6, 6.07) is 5.66. The summed E-state index contributed by atoms with van der Waals surface area (Å²) in [5.41, 5.74) is 3.74. The van der Waals surface area contributed by atoms with Crippen LogP contribution in [0.3, 0.4) is 0 Å². The van der Waals surface area contributed by atoms with Gasteiger partial charge in [-0.15, -0.1) is 5.10 Å². The number of anilines is 1. The Morgan fingerprint density at radius 1 is 1.35 bits per heavy atom. The molecule has 0 heterocycles. The lowest BCUT2D eigenvalue weighted by Crippen LogP contribution is -2.19. The molecule has 0 fully saturated rings. The van der Waals surface area contributed by atoms with Crippen molar-refractivity contribution >= 4 is 29.1 Å². The van der Waals surface area contributed by atoms with Crippen molar-refractivity contribution in [3.63, 3.8) is 0 Å². The second-order valence-corrected chi connectivity index (χ2v) is 5.37. The van der Waals surface area contributed by atoms with Crippen LogP contribution in [0, 0.1) is 5.82 Å². The van der Waals surface area contributed by atoms with E-state index < -0.39 is 12.1 Å². The summed E-state index contributed by atoms with van der Waals surface area (Å²) in [5, 5.41) is 4.40. The lowest BCUT2D eigenvalue weighted by molar-refractivity contribution is -0.140. The van der Waals surface area contributed by atoms with Crippen molar-refractivity contribution in [2.75, 3.05) is 19.6 Å². The molecule has 0 aliphatic heterocycles. The summed E-state index contributed by atoms with van der Waals surface area (Å²) in [7, 11) is 2.61. The number of nitrogens with zero attached hydrogens (tertiary/aromatic N) is 1. The molecule has 0 saturated heterocycles. The van der Waals surface area contributed by atoms with Crippen LogP contribution in [0.1, 0.15) is 0 Å². The standard InChI is InChI=1S/C18H16ClFN2O4/c1-24-11-17(18(23)25-2)26-16-8-3-13(19)9-12(16)10-21-22-15-6-4-14(20)5-7-15/h3-9,11,16,22H,1-2H3. The van der Waals surface area contributed by atoms with Gasteiger partial charge in [0.15, 0.2) is 6.10 Å². The number of allylic oxidation sites excluding steroid dienone is 2. The Bertz CT molecular complexity index is 809. The molecule has 136 valence electrons. The Labute approximate surface area is 154 Å². The lowest BCUT2D eigenvalue weighted by Gasteiger charge is -2.18. The maximum atomic E-state index is 12.9. The number of carbonyl (C=O) groups excluding carboxylic acids is 1. The Kier molecular flexibility index (Phi) is 7.02. The average molecular weight is 379 g/mol. The third-order valence-corrected chi connectivity index (χ3v) is 3.34. The first-order valence-corrected chi connectivity index (χ1v) is 7.78. The highest BCUT2D eigenvalue weighted by Gasteiger charge is 2.21. The van der Waals surface area contributed by atoms with E-state index in [4.69, 9.17) is 21.1 Å². The molecule has 1 N–H and O–H groups in total. The van der Waals surface area contributed by atoms with Crippen molar-refractivity contribution in [3.05, 3.63) is 70.9 Å². The second-order valence-electron chi connectivity index (χ2n) is 4.93. The predicted molar refractivity (Wildman–Crippen MR) is 96.0 cm³/mol. The average Bonchev–Trinajstić information content (AvgIpc) is 2.64. The number of hydrogen-bond acceptors (Lipinski definition) is 6. The highest BCUT2D eigenvalue weighted by molar-refractivity contribution is 6.31. The minimum absolute atomic E-state index is 0.123. The number of halogens is 2. The summed E-state index contributed by atoms with van der Waals surface area (Å²) in [5.74, 6) is 1.58. The number of esters is 1. The molecule has 1 aliphatic carbocycles. The zero-order valence-corrected chi connectivity index (χ0v) is 14.8. The van der Waals surface area contributed by atoms with Crippen molar-refractivity contribution in [1.82, 2.24) is 0 Å². The first kappa shape index (κ1) is 19.3. The summed E-state index contributed by atoms with van der Waals surface area (Å²) >= 11 is 6.00. The molecule has 1 atom stereocenters. The second kappa shape index (κ2) is 9.46. The fraction of sp³-hybridized carbons (Fsp3) is 0.167. The number of hydrogen-bond donors (Lipinski definition) is 1. The van der Waals surface area contributed by atoms with Crippen LogP contribution in [-0.4, -0.2) is 32.2 Å². The van der Waals surface area contributed by atoms with E-state index in [2.05, 4.69) is 21.1 Å². The number of hydrazone groups is 1. The van der Waals surface area contributed by atoms with E-state index in [1.165, 1.54) is 38.5 Å². The SMILES string of the molecule is COC=C(OC1C=CC(Cl)=CC1=C=NNc1ccc(F)cc1)C(=O)OC. The van der Waals surface area contributed by atoms with Crippen molar-refractivity contribution < 1.29 is 23.4 Å². The van der Waals surface area contributed by atoms with Gasteiger partial charge in [-0.2, -0.15) is 0 Å². The third kappa shape index (κ3) is 5.51. The predicted octanol–water partition coefficient (Wildman–Crippen LogP) is 3.49. The number of methoxy groups -OCH3 is 2. The minimum Gasteiger partial charge on any atom is -0.500 e. The van der Waals surface area contributed by atoms with Crippen molar-refractivity contribution in [2.45, 2.75) is 6.10 Å². The molecule has 0 amide bonds. The molecule has 0 radical (unpaired) electrons. The number of ether oxygens (including phenoxy) is 3. The molecule has 1 aromatic carbocycles. The Morgan fingerprint density at radius 2 is 2.08 bits per heavy atom. The number of rotatable bonds is 6. The van der Waals surface area contributed by atoms with Crippen LogP contribution in [0.15, 0.2) is 70.2 Å². The van der Waals surface area contributed by atoms with Gasteiger partial charge in [-0.1, -0.05) is 11.6 Å². The lowest BCUT2D eigenvalue weighted by atomic mass is 10.1. The van der Waals surface area contributed by atoms with E-state index in [9.17, 15) is 9.18 Å². The van der Waals surface area contributed by atoms with Crippen LogP contribution in [0.25, 0.3) is 0 Å². The zero-order chi connectivity index (χ0) is 18.9. The van der Waals surface area contributed by atoms with Crippen LogP contribution in [0.2, 0.25) is 0 Å². The highest BCUT2D eigenvalue weighted by Crippen LogP contribution is 2.22. The summed E-state index contributed by atoms with van der Waals surface area (Å²) in [6.45, 7) is 0. The molecule has 1 aromatic rings. The van der Waals surface area contributed by atoms with Crippen LogP contribution < -0.4 is 5.43 Å². The highest BCUT2D eigenvalue weighted by atomic mass is 35.5. The topological polar surface area (TPSA) is 69.2 Å². The van der Waals surface area contributed by atoms with Gasteiger partial charge in [-0.25, -0.2) is 9.18 Å².